The predicted molar refractivity (Wildman–Crippen MR) is 105 cm³/mol. The summed E-state index contributed by atoms with van der Waals surface area (Å²) < 4.78 is 0. The van der Waals surface area contributed by atoms with E-state index in [1.807, 2.05) is 30.5 Å². The van der Waals surface area contributed by atoms with Crippen LogP contribution in [0.3, 0.4) is 0 Å². The highest BCUT2D eigenvalue weighted by Gasteiger charge is 2.23. The van der Waals surface area contributed by atoms with Crippen molar-refractivity contribution in [1.29, 1.82) is 0 Å². The van der Waals surface area contributed by atoms with E-state index in [-0.39, 0.29) is 17.3 Å². The Balaban J connectivity index is 1.80. The second-order valence-electron chi connectivity index (χ2n) is 5.52. The molecule has 0 aliphatic heterocycles. The van der Waals surface area contributed by atoms with Crippen LogP contribution in [0.5, 0.6) is 0 Å². The van der Waals surface area contributed by atoms with Crippen molar-refractivity contribution < 1.29 is 4.92 Å². The maximum Gasteiger partial charge on any atom is 0.353 e. The first-order valence-corrected chi connectivity index (χ1v) is 9.09. The van der Waals surface area contributed by atoms with Crippen LogP contribution in [0, 0.1) is 17.0 Å². The van der Waals surface area contributed by atoms with Gasteiger partial charge in [-0.05, 0) is 42.5 Å². The second-order valence-corrected chi connectivity index (χ2v) is 6.96. The summed E-state index contributed by atoms with van der Waals surface area (Å²) in [4.78, 5) is 20.3. The Hall–Kier alpha value is -2.71. The molecule has 0 aliphatic carbocycles. The number of hydrogen-bond acceptors (Lipinski definition) is 7. The molecule has 7 nitrogen and oxygen atoms in total. The quantitative estimate of drug-likeness (QED) is 0.445. The van der Waals surface area contributed by atoms with Gasteiger partial charge in [0.1, 0.15) is 6.33 Å². The Kier molecular flexibility index (Phi) is 5.65. The highest BCUT2D eigenvalue weighted by Crippen LogP contribution is 2.32. The van der Waals surface area contributed by atoms with Crippen LogP contribution >= 0.6 is 22.9 Å². The van der Waals surface area contributed by atoms with Crippen molar-refractivity contribution in [2.45, 2.75) is 13.3 Å². The molecule has 134 valence electrons. The first kappa shape index (κ1) is 18.1. The summed E-state index contributed by atoms with van der Waals surface area (Å²) in [6.45, 7) is 2.42. The van der Waals surface area contributed by atoms with E-state index in [1.165, 1.54) is 11.2 Å². The Morgan fingerprint density at radius 3 is 2.77 bits per heavy atom. The van der Waals surface area contributed by atoms with E-state index in [0.29, 0.717) is 17.3 Å². The number of nitro groups is 1. The first-order valence-electron chi connectivity index (χ1n) is 7.83. The third-order valence-corrected chi connectivity index (χ3v) is 5.03. The molecular formula is C17H16ClN5O2S. The molecule has 0 radical (unpaired) electrons. The average molecular weight is 390 g/mol. The Morgan fingerprint density at radius 2 is 2.08 bits per heavy atom. The van der Waals surface area contributed by atoms with Crippen LogP contribution in [0.4, 0.5) is 23.0 Å². The number of rotatable bonds is 7. The summed E-state index contributed by atoms with van der Waals surface area (Å²) in [7, 11) is 0. The molecule has 0 aliphatic rings. The molecule has 2 N–H and O–H groups in total. The maximum absolute atomic E-state index is 11.6. The topological polar surface area (TPSA) is 93.0 Å². The number of halogens is 1. The molecule has 9 heteroatoms. The van der Waals surface area contributed by atoms with Crippen LogP contribution in [0.25, 0.3) is 0 Å². The van der Waals surface area contributed by atoms with Crippen molar-refractivity contribution in [1.82, 2.24) is 9.97 Å². The molecule has 3 rings (SSSR count). The van der Waals surface area contributed by atoms with Crippen molar-refractivity contribution >= 4 is 45.9 Å². The summed E-state index contributed by atoms with van der Waals surface area (Å²) in [6, 6.07) is 9.32. The molecule has 0 saturated heterocycles. The van der Waals surface area contributed by atoms with Crippen LogP contribution in [0.2, 0.25) is 5.02 Å². The lowest BCUT2D eigenvalue weighted by Gasteiger charge is -2.10. The molecule has 2 heterocycles. The Labute approximate surface area is 159 Å². The fourth-order valence-corrected chi connectivity index (χ4v) is 3.23. The number of hydrogen-bond donors (Lipinski definition) is 2. The van der Waals surface area contributed by atoms with Crippen LogP contribution < -0.4 is 10.6 Å². The zero-order valence-electron chi connectivity index (χ0n) is 13.9. The molecular weight excluding hydrogens is 374 g/mol. The number of benzene rings is 1. The molecule has 1 aromatic carbocycles. The van der Waals surface area contributed by atoms with Crippen molar-refractivity contribution in [3.63, 3.8) is 0 Å². The van der Waals surface area contributed by atoms with E-state index in [4.69, 9.17) is 11.6 Å². The first-order chi connectivity index (χ1) is 12.5. The third kappa shape index (κ3) is 4.27. The average Bonchev–Trinajstić information content (AvgIpc) is 3.11. The van der Waals surface area contributed by atoms with Crippen LogP contribution in [-0.2, 0) is 6.42 Å². The zero-order chi connectivity index (χ0) is 18.5. The molecule has 0 fully saturated rings. The molecule has 0 atom stereocenters. The van der Waals surface area contributed by atoms with Gasteiger partial charge in [-0.2, -0.15) is 0 Å². The van der Waals surface area contributed by atoms with Gasteiger partial charge < -0.3 is 10.6 Å². The minimum atomic E-state index is -0.494. The molecule has 2 aromatic heterocycles. The second kappa shape index (κ2) is 8.11. The van der Waals surface area contributed by atoms with Crippen molar-refractivity contribution in [3.8, 4) is 0 Å². The van der Waals surface area contributed by atoms with Gasteiger partial charge in [0.15, 0.2) is 0 Å². The fourth-order valence-electron chi connectivity index (χ4n) is 2.34. The largest absolute Gasteiger partial charge is 0.364 e. The van der Waals surface area contributed by atoms with Gasteiger partial charge in [0.2, 0.25) is 11.6 Å². The minimum Gasteiger partial charge on any atom is -0.364 e. The van der Waals surface area contributed by atoms with Crippen molar-refractivity contribution in [2.24, 2.45) is 0 Å². The molecule has 0 bridgehead atoms. The highest BCUT2D eigenvalue weighted by atomic mass is 35.5. The summed E-state index contributed by atoms with van der Waals surface area (Å²) >= 11 is 7.76. The lowest BCUT2D eigenvalue weighted by molar-refractivity contribution is -0.383. The SMILES string of the molecule is Cc1ccc(Nc2ncnc(NCCc3cccs3)c2[N+](=O)[O-])cc1Cl. The zero-order valence-corrected chi connectivity index (χ0v) is 15.5. The molecule has 0 saturated carbocycles. The summed E-state index contributed by atoms with van der Waals surface area (Å²) in [5.74, 6) is 0.297. The highest BCUT2D eigenvalue weighted by molar-refractivity contribution is 7.09. The minimum absolute atomic E-state index is 0.114. The van der Waals surface area contributed by atoms with Gasteiger partial charge in [0.05, 0.1) is 4.92 Å². The third-order valence-electron chi connectivity index (χ3n) is 3.68. The number of nitrogens with one attached hydrogen (secondary N) is 2. The number of nitrogens with zero attached hydrogens (tertiary/aromatic N) is 3. The summed E-state index contributed by atoms with van der Waals surface area (Å²) in [6.07, 6.45) is 2.05. The van der Waals surface area contributed by atoms with Crippen LogP contribution in [0.1, 0.15) is 10.4 Å². The van der Waals surface area contributed by atoms with Gasteiger partial charge in [-0.15, -0.1) is 11.3 Å². The van der Waals surface area contributed by atoms with Gasteiger partial charge >= 0.3 is 5.69 Å². The lowest BCUT2D eigenvalue weighted by Crippen LogP contribution is -2.10. The van der Waals surface area contributed by atoms with E-state index in [2.05, 4.69) is 20.6 Å². The molecule has 26 heavy (non-hydrogen) atoms. The number of aromatic nitrogens is 2. The van der Waals surface area contributed by atoms with Gasteiger partial charge in [-0.1, -0.05) is 23.7 Å². The van der Waals surface area contributed by atoms with Crippen LogP contribution in [0.15, 0.2) is 42.0 Å². The van der Waals surface area contributed by atoms with E-state index < -0.39 is 4.92 Å². The van der Waals surface area contributed by atoms with E-state index in [9.17, 15) is 10.1 Å². The molecule has 0 amide bonds. The standard InChI is InChI=1S/C17H16ClN5O2S/c1-11-4-5-12(9-14(11)18)22-17-15(23(24)25)16(20-10-21-17)19-7-6-13-3-2-8-26-13/h2-5,8-10H,6-7H2,1H3,(H2,19,20,21,22). The number of aryl methyl sites for hydroxylation is 1. The summed E-state index contributed by atoms with van der Waals surface area (Å²) in [5, 5.41) is 20.1. The van der Waals surface area contributed by atoms with E-state index in [0.717, 1.165) is 12.0 Å². The van der Waals surface area contributed by atoms with Crippen LogP contribution in [-0.4, -0.2) is 21.4 Å². The Morgan fingerprint density at radius 1 is 1.27 bits per heavy atom. The smallest absolute Gasteiger partial charge is 0.353 e. The van der Waals surface area contributed by atoms with Gasteiger partial charge in [0, 0.05) is 22.1 Å². The van der Waals surface area contributed by atoms with E-state index in [1.54, 1.807) is 23.5 Å². The monoisotopic (exact) mass is 389 g/mol. The molecule has 3 aromatic rings. The Bertz CT molecular complexity index is 918. The van der Waals surface area contributed by atoms with Gasteiger partial charge in [-0.25, -0.2) is 9.97 Å². The molecule has 0 spiro atoms. The lowest BCUT2D eigenvalue weighted by atomic mass is 10.2. The fraction of sp³-hybridized carbons (Fsp3) is 0.176. The van der Waals surface area contributed by atoms with E-state index >= 15 is 0 Å². The number of thiophene rings is 1. The van der Waals surface area contributed by atoms with Crippen molar-refractivity contribution in [2.75, 3.05) is 17.2 Å². The number of anilines is 3. The van der Waals surface area contributed by atoms with Gasteiger partial charge in [-0.3, -0.25) is 10.1 Å². The summed E-state index contributed by atoms with van der Waals surface area (Å²) in [5.41, 5.74) is 1.34. The normalized spacial score (nSPS) is 10.5. The maximum atomic E-state index is 11.6. The predicted octanol–water partition coefficient (Wildman–Crippen LogP) is 4.81. The van der Waals surface area contributed by atoms with Gasteiger partial charge in [0.25, 0.3) is 0 Å². The molecule has 0 unspecified atom stereocenters. The van der Waals surface area contributed by atoms with Crippen molar-refractivity contribution in [3.05, 3.63) is 67.6 Å².